The molecule has 0 heterocycles. The number of hydrogen-bond acceptors (Lipinski definition) is 1. The zero-order valence-electron chi connectivity index (χ0n) is 14.6. The van der Waals surface area contributed by atoms with E-state index in [1.54, 1.807) is 0 Å². The van der Waals surface area contributed by atoms with Crippen LogP contribution in [0.2, 0.25) is 13.1 Å². The molecule has 131 valence electrons. The number of hydrogen-bond donors (Lipinski definition) is 1. The number of nitrogens with one attached hydrogen (secondary N) is 1. The van der Waals surface area contributed by atoms with Crippen molar-refractivity contribution < 1.29 is 47.0 Å². The third-order valence-corrected chi connectivity index (χ3v) is 16.1. The summed E-state index contributed by atoms with van der Waals surface area (Å²) in [5.74, 6) is 0.114. The van der Waals surface area contributed by atoms with Crippen LogP contribution in [0.3, 0.4) is 0 Å². The van der Waals surface area contributed by atoms with Crippen LogP contribution in [0, 0.1) is 6.92 Å². The number of allylic oxidation sites excluding steroid dienone is 1. The third kappa shape index (κ3) is 5.09. The van der Waals surface area contributed by atoms with Crippen LogP contribution in [0.5, 0.6) is 0 Å². The van der Waals surface area contributed by atoms with Gasteiger partial charge in [0.1, 0.15) is 0 Å². The molecule has 0 radical (unpaired) electrons. The molecule has 1 aliphatic rings. The van der Waals surface area contributed by atoms with E-state index in [1.807, 2.05) is 31.2 Å². The first-order valence-electron chi connectivity index (χ1n) is 8.08. The van der Waals surface area contributed by atoms with Gasteiger partial charge in [-0.1, -0.05) is 0 Å². The smallest absolute Gasteiger partial charge is 1.00 e. The molecule has 0 saturated heterocycles. The van der Waals surface area contributed by atoms with Crippen molar-refractivity contribution in [3.63, 3.8) is 0 Å². The van der Waals surface area contributed by atoms with Crippen LogP contribution in [-0.4, -0.2) is 12.6 Å². The first-order chi connectivity index (χ1) is 11.1. The van der Waals surface area contributed by atoms with Crippen LogP contribution in [-0.2, 0) is 17.4 Å². The molecule has 1 amide bonds. The molecule has 1 aliphatic carbocycles. The van der Waals surface area contributed by atoms with Gasteiger partial charge < -0.3 is 24.8 Å². The molecule has 0 spiro atoms. The number of fused-ring (bicyclic) bond motifs is 1. The van der Waals surface area contributed by atoms with E-state index in [0.717, 1.165) is 11.1 Å². The number of benzene rings is 2. The minimum Gasteiger partial charge on any atom is -1.00 e. The number of rotatable bonds is 4. The standard InChI is InChI=1S/C9H7.C8H9NO.C2H7Si.2ClH.Ti/c1-2-5-9-7-3-6-8(9)4-1;1-6-3-2-4-7(5-6)8(9)10;1-3-2;;;/h1-7H;2-5H,1H3,(H2,9,10);3H,1-2H3;2*1H;/q;;;;;+3/p-3. The van der Waals surface area contributed by atoms with Crippen molar-refractivity contribution in [1.82, 2.24) is 3.80 Å². The zero-order chi connectivity index (χ0) is 16.4. The SMILES string of the molecule is Cc1cccc(C(=O)[NH][Ti+2]([CH]2C=Cc3ccccc32)[SiH](C)C)c1.[Cl-].[Cl-]. The predicted molar refractivity (Wildman–Crippen MR) is 95.7 cm³/mol. The Morgan fingerprint density at radius 1 is 1.08 bits per heavy atom. The maximum atomic E-state index is 12.7. The molecule has 2 aromatic carbocycles. The molecule has 25 heavy (non-hydrogen) atoms. The van der Waals surface area contributed by atoms with Crippen molar-refractivity contribution in [1.29, 1.82) is 0 Å². The van der Waals surface area contributed by atoms with Gasteiger partial charge in [-0.15, -0.1) is 0 Å². The van der Waals surface area contributed by atoms with Crippen molar-refractivity contribution in [3.8, 4) is 0 Å². The minimum atomic E-state index is -1.71. The molecule has 2 aromatic rings. The van der Waals surface area contributed by atoms with Crippen molar-refractivity contribution in [2.45, 2.75) is 24.2 Å². The molecular formula is C19H22Cl2NOSiTi. The monoisotopic (exact) mass is 426 g/mol. The first-order valence-corrected chi connectivity index (χ1v) is 15.4. The summed E-state index contributed by atoms with van der Waals surface area (Å²) in [5.41, 5.74) is 4.65. The van der Waals surface area contributed by atoms with E-state index in [4.69, 9.17) is 0 Å². The summed E-state index contributed by atoms with van der Waals surface area (Å²) in [4.78, 5) is 12.7. The second-order valence-electron chi connectivity index (χ2n) is 6.40. The van der Waals surface area contributed by atoms with Gasteiger partial charge in [0.25, 0.3) is 0 Å². The average molecular weight is 427 g/mol. The van der Waals surface area contributed by atoms with Crippen LogP contribution in [0.4, 0.5) is 0 Å². The summed E-state index contributed by atoms with van der Waals surface area (Å²) in [7, 11) is 0. The second-order valence-corrected chi connectivity index (χ2v) is 19.5. The van der Waals surface area contributed by atoms with Crippen LogP contribution in [0.1, 0.15) is 31.3 Å². The summed E-state index contributed by atoms with van der Waals surface area (Å²) in [6.45, 7) is 5.87. The van der Waals surface area contributed by atoms with Crippen LogP contribution >= 0.6 is 0 Å². The number of amides is 1. The molecule has 0 fully saturated rings. The van der Waals surface area contributed by atoms with Gasteiger partial charge in [-0.3, -0.25) is 0 Å². The van der Waals surface area contributed by atoms with E-state index in [2.05, 4.69) is 53.3 Å². The van der Waals surface area contributed by atoms with Gasteiger partial charge in [0.05, 0.1) is 0 Å². The van der Waals surface area contributed by atoms with Gasteiger partial charge in [0.2, 0.25) is 0 Å². The fourth-order valence-electron chi connectivity index (χ4n) is 3.09. The molecule has 3 rings (SSSR count). The molecule has 1 atom stereocenters. The fourth-order valence-corrected chi connectivity index (χ4v) is 12.8. The number of halogens is 2. The van der Waals surface area contributed by atoms with Gasteiger partial charge in [-0.2, -0.15) is 0 Å². The van der Waals surface area contributed by atoms with E-state index >= 15 is 0 Å². The topological polar surface area (TPSA) is 29.1 Å². The number of carbonyl (C=O) groups excluding carboxylic acids is 1. The number of carbonyl (C=O) groups is 1. The minimum absolute atomic E-state index is 0. The fraction of sp³-hybridized carbons (Fsp3) is 0.211. The Hall–Kier alpha value is -0.839. The normalized spacial score (nSPS) is 14.3. The Morgan fingerprint density at radius 3 is 2.48 bits per heavy atom. The summed E-state index contributed by atoms with van der Waals surface area (Å²) in [5, 5.41) is 0. The van der Waals surface area contributed by atoms with Gasteiger partial charge in [-0.25, -0.2) is 0 Å². The van der Waals surface area contributed by atoms with E-state index in [1.165, 1.54) is 11.1 Å². The third-order valence-electron chi connectivity index (χ3n) is 4.29. The van der Waals surface area contributed by atoms with Crippen LogP contribution in [0.15, 0.2) is 54.6 Å². The summed E-state index contributed by atoms with van der Waals surface area (Å²) in [6, 6.07) is 16.5. The van der Waals surface area contributed by atoms with Crippen molar-refractivity contribution in [3.05, 3.63) is 76.9 Å². The maximum Gasteiger partial charge on any atom is -1.00 e. The molecule has 0 aromatic heterocycles. The zero-order valence-corrected chi connectivity index (χ0v) is 18.8. The van der Waals surface area contributed by atoms with E-state index < -0.39 is 24.0 Å². The van der Waals surface area contributed by atoms with Gasteiger partial charge in [0, 0.05) is 0 Å². The van der Waals surface area contributed by atoms with Gasteiger partial charge in [0.15, 0.2) is 0 Å². The molecule has 6 heteroatoms. The molecule has 2 nitrogen and oxygen atoms in total. The van der Waals surface area contributed by atoms with E-state index in [0.29, 0.717) is 4.22 Å². The van der Waals surface area contributed by atoms with E-state index in [9.17, 15) is 4.79 Å². The Morgan fingerprint density at radius 2 is 1.80 bits per heavy atom. The Balaban J connectivity index is 0.00000156. The van der Waals surface area contributed by atoms with Gasteiger partial charge in [-0.05, 0) is 0 Å². The Kier molecular flexibility index (Phi) is 8.66. The molecule has 0 aliphatic heterocycles. The molecule has 1 unspecified atom stereocenters. The second kappa shape index (κ2) is 9.75. The van der Waals surface area contributed by atoms with E-state index in [-0.39, 0.29) is 30.7 Å². The van der Waals surface area contributed by atoms with Crippen LogP contribution in [0.25, 0.3) is 6.08 Å². The first kappa shape index (κ1) is 22.2. The Labute approximate surface area is 169 Å². The summed E-state index contributed by atoms with van der Waals surface area (Å²) in [6.07, 6.45) is 4.55. The van der Waals surface area contributed by atoms with Crippen molar-refractivity contribution >= 4 is 18.6 Å². The predicted octanol–water partition coefficient (Wildman–Crippen LogP) is -1.98. The number of aryl methyl sites for hydroxylation is 1. The van der Waals surface area contributed by atoms with Crippen molar-refractivity contribution in [2.75, 3.05) is 0 Å². The maximum absolute atomic E-state index is 12.7. The summed E-state index contributed by atoms with van der Waals surface area (Å²) < 4.78 is 3.95. The molecular weight excluding hydrogens is 405 g/mol. The average Bonchev–Trinajstić information content (AvgIpc) is 2.96. The molecule has 0 saturated carbocycles. The van der Waals surface area contributed by atoms with Gasteiger partial charge >= 0.3 is 146 Å². The molecule has 0 bridgehead atoms. The quantitative estimate of drug-likeness (QED) is 0.564. The summed E-state index contributed by atoms with van der Waals surface area (Å²) >= 11 is -1.71. The molecule has 1 N–H and O–H groups in total. The largest absolute Gasteiger partial charge is 1.00 e. The van der Waals surface area contributed by atoms with Crippen molar-refractivity contribution in [2.24, 2.45) is 0 Å². The van der Waals surface area contributed by atoms with Crippen LogP contribution < -0.4 is 28.6 Å². The Bertz CT molecular complexity index is 767.